The zero-order valence-corrected chi connectivity index (χ0v) is 18.3. The topological polar surface area (TPSA) is 40.6 Å². The van der Waals surface area contributed by atoms with Crippen LogP contribution in [-0.2, 0) is 16.0 Å². The molecular weight excluding hydrogens is 415 g/mol. The van der Waals surface area contributed by atoms with Crippen molar-refractivity contribution in [2.45, 2.75) is 31.1 Å². The van der Waals surface area contributed by atoms with E-state index in [2.05, 4.69) is 11.4 Å². The standard InChI is InChI=1S/C21H24Cl2N2O2S/c1-14(2)12-24(21(27)20(22)23)13-18(26)25-10-8-17-16(9-11-28-17)19(25)15-6-4-3-5-7-15/h3-7,9,11,14,19-20H,8,10,12-13H2,1-2H3. The molecule has 0 bridgehead atoms. The summed E-state index contributed by atoms with van der Waals surface area (Å²) in [6.07, 6.45) is 0.827. The highest BCUT2D eigenvalue weighted by atomic mass is 35.5. The maximum Gasteiger partial charge on any atom is 0.256 e. The predicted molar refractivity (Wildman–Crippen MR) is 115 cm³/mol. The van der Waals surface area contributed by atoms with Gasteiger partial charge in [0.15, 0.2) is 4.84 Å². The first-order chi connectivity index (χ1) is 13.4. The van der Waals surface area contributed by atoms with Crippen LogP contribution in [0.3, 0.4) is 0 Å². The minimum Gasteiger partial charge on any atom is -0.331 e. The zero-order valence-electron chi connectivity index (χ0n) is 16.0. The summed E-state index contributed by atoms with van der Waals surface area (Å²) in [7, 11) is 0. The van der Waals surface area contributed by atoms with Crippen LogP contribution < -0.4 is 0 Å². The quantitative estimate of drug-likeness (QED) is 0.622. The Hall–Kier alpha value is -1.56. The van der Waals surface area contributed by atoms with Crippen molar-refractivity contribution in [2.24, 2.45) is 5.92 Å². The minimum atomic E-state index is -1.17. The number of benzene rings is 1. The molecule has 7 heteroatoms. The van der Waals surface area contributed by atoms with E-state index in [0.717, 1.165) is 12.0 Å². The van der Waals surface area contributed by atoms with Gasteiger partial charge in [-0.1, -0.05) is 67.4 Å². The van der Waals surface area contributed by atoms with Crippen LogP contribution >= 0.6 is 34.5 Å². The summed E-state index contributed by atoms with van der Waals surface area (Å²) in [4.78, 5) is 29.2. The van der Waals surface area contributed by atoms with Crippen LogP contribution in [0.4, 0.5) is 0 Å². The van der Waals surface area contributed by atoms with E-state index >= 15 is 0 Å². The van der Waals surface area contributed by atoms with E-state index in [4.69, 9.17) is 23.2 Å². The SMILES string of the molecule is CC(C)CN(CC(=O)N1CCc2sccc2C1c1ccccc1)C(=O)C(Cl)Cl. The molecule has 1 aliphatic rings. The second-order valence-corrected chi connectivity index (χ2v) is 9.46. The largest absolute Gasteiger partial charge is 0.331 e. The number of thiophene rings is 1. The molecule has 0 spiro atoms. The average Bonchev–Trinajstić information content (AvgIpc) is 3.15. The first-order valence-corrected chi connectivity index (χ1v) is 11.1. The third kappa shape index (κ3) is 4.70. The summed E-state index contributed by atoms with van der Waals surface area (Å²) < 4.78 is 0. The van der Waals surface area contributed by atoms with Gasteiger partial charge in [-0.15, -0.1) is 11.3 Å². The second kappa shape index (κ2) is 9.29. The molecular formula is C21H24Cl2N2O2S. The Balaban J connectivity index is 1.87. The van der Waals surface area contributed by atoms with Crippen LogP contribution in [0.5, 0.6) is 0 Å². The van der Waals surface area contributed by atoms with Crippen LogP contribution in [0.2, 0.25) is 0 Å². The molecule has 0 N–H and O–H groups in total. The van der Waals surface area contributed by atoms with Crippen LogP contribution in [0.15, 0.2) is 41.8 Å². The molecule has 2 heterocycles. The van der Waals surface area contributed by atoms with Crippen molar-refractivity contribution in [3.63, 3.8) is 0 Å². The van der Waals surface area contributed by atoms with Crippen molar-refractivity contribution in [3.05, 3.63) is 57.8 Å². The Morgan fingerprint density at radius 2 is 1.93 bits per heavy atom. The van der Waals surface area contributed by atoms with Crippen molar-refractivity contribution in [1.29, 1.82) is 0 Å². The molecule has 0 radical (unpaired) electrons. The van der Waals surface area contributed by atoms with Gasteiger partial charge in [0, 0.05) is 18.0 Å². The number of halogens is 2. The first kappa shape index (κ1) is 21.2. The molecule has 28 heavy (non-hydrogen) atoms. The Morgan fingerprint density at radius 1 is 1.21 bits per heavy atom. The van der Waals surface area contributed by atoms with Crippen molar-refractivity contribution in [2.75, 3.05) is 19.6 Å². The molecule has 0 saturated carbocycles. The Labute approximate surface area is 180 Å². The van der Waals surface area contributed by atoms with Crippen LogP contribution in [0, 0.1) is 5.92 Å². The molecule has 2 aromatic rings. The fourth-order valence-electron chi connectivity index (χ4n) is 3.65. The van der Waals surface area contributed by atoms with Crippen molar-refractivity contribution in [3.8, 4) is 0 Å². The van der Waals surface area contributed by atoms with Gasteiger partial charge in [0.1, 0.15) is 0 Å². The van der Waals surface area contributed by atoms with Gasteiger partial charge in [0.2, 0.25) is 5.91 Å². The Kier molecular flexibility index (Phi) is 7.02. The van der Waals surface area contributed by atoms with Gasteiger partial charge < -0.3 is 9.80 Å². The summed E-state index contributed by atoms with van der Waals surface area (Å²) in [6, 6.07) is 12.0. The molecule has 0 saturated heterocycles. The Bertz CT molecular complexity index is 823. The van der Waals surface area contributed by atoms with E-state index in [1.807, 2.05) is 49.1 Å². The molecule has 1 aromatic carbocycles. The summed E-state index contributed by atoms with van der Waals surface area (Å²) in [5.41, 5.74) is 2.24. The molecule has 0 fully saturated rings. The van der Waals surface area contributed by atoms with E-state index < -0.39 is 10.7 Å². The van der Waals surface area contributed by atoms with Gasteiger partial charge in [-0.3, -0.25) is 9.59 Å². The maximum absolute atomic E-state index is 13.3. The predicted octanol–water partition coefficient (Wildman–Crippen LogP) is 4.51. The number of fused-ring (bicyclic) bond motifs is 1. The second-order valence-electron chi connectivity index (χ2n) is 7.36. The van der Waals surface area contributed by atoms with Gasteiger partial charge in [-0.05, 0) is 34.9 Å². The minimum absolute atomic E-state index is 0.0181. The molecule has 150 valence electrons. The molecule has 1 unspecified atom stereocenters. The first-order valence-electron chi connectivity index (χ1n) is 9.36. The third-order valence-corrected chi connectivity index (χ3v) is 6.18. The molecule has 1 atom stereocenters. The van der Waals surface area contributed by atoms with Gasteiger partial charge in [0.05, 0.1) is 12.6 Å². The lowest BCUT2D eigenvalue weighted by molar-refractivity contribution is -0.141. The number of rotatable bonds is 6. The number of amides is 2. The fraction of sp³-hybridized carbons (Fsp3) is 0.429. The number of carbonyl (C=O) groups is 2. The zero-order chi connectivity index (χ0) is 20.3. The highest BCUT2D eigenvalue weighted by Crippen LogP contribution is 2.37. The van der Waals surface area contributed by atoms with Gasteiger partial charge in [0.25, 0.3) is 5.91 Å². The molecule has 3 rings (SSSR count). The van der Waals surface area contributed by atoms with E-state index in [-0.39, 0.29) is 24.4 Å². The number of nitrogens with zero attached hydrogens (tertiary/aromatic N) is 2. The van der Waals surface area contributed by atoms with E-state index in [1.165, 1.54) is 15.3 Å². The van der Waals surface area contributed by atoms with Crippen molar-refractivity contribution < 1.29 is 9.59 Å². The van der Waals surface area contributed by atoms with Crippen LogP contribution in [-0.4, -0.2) is 46.1 Å². The Morgan fingerprint density at radius 3 is 2.57 bits per heavy atom. The van der Waals surface area contributed by atoms with Gasteiger partial charge in [-0.25, -0.2) is 0 Å². The molecule has 1 aliphatic heterocycles. The lowest BCUT2D eigenvalue weighted by Gasteiger charge is -2.38. The molecule has 4 nitrogen and oxygen atoms in total. The number of hydrogen-bond acceptors (Lipinski definition) is 3. The summed E-state index contributed by atoms with van der Waals surface area (Å²) in [5, 5.41) is 2.08. The fourth-order valence-corrected chi connectivity index (χ4v) is 4.83. The summed E-state index contributed by atoms with van der Waals surface area (Å²) in [5.74, 6) is -0.304. The van der Waals surface area contributed by atoms with Crippen LogP contribution in [0.25, 0.3) is 0 Å². The molecule has 1 aromatic heterocycles. The molecule has 2 amide bonds. The number of hydrogen-bond donors (Lipinski definition) is 0. The van der Waals surface area contributed by atoms with Gasteiger partial charge >= 0.3 is 0 Å². The summed E-state index contributed by atoms with van der Waals surface area (Å²) >= 11 is 13.3. The highest BCUT2D eigenvalue weighted by molar-refractivity contribution is 7.10. The number of alkyl halides is 2. The summed E-state index contributed by atoms with van der Waals surface area (Å²) in [6.45, 7) is 5.03. The average molecular weight is 439 g/mol. The van der Waals surface area contributed by atoms with E-state index in [1.54, 1.807) is 11.3 Å². The van der Waals surface area contributed by atoms with Crippen LogP contribution in [0.1, 0.15) is 35.9 Å². The van der Waals surface area contributed by atoms with E-state index in [0.29, 0.717) is 13.1 Å². The normalized spacial score (nSPS) is 16.4. The molecule has 0 aliphatic carbocycles. The van der Waals surface area contributed by atoms with Crippen molar-refractivity contribution >= 4 is 46.4 Å². The third-order valence-electron chi connectivity index (χ3n) is 4.81. The van der Waals surface area contributed by atoms with Crippen molar-refractivity contribution in [1.82, 2.24) is 9.80 Å². The smallest absolute Gasteiger partial charge is 0.256 e. The highest BCUT2D eigenvalue weighted by Gasteiger charge is 2.34. The lowest BCUT2D eigenvalue weighted by Crippen LogP contribution is -2.48. The van der Waals surface area contributed by atoms with E-state index in [9.17, 15) is 9.59 Å². The van der Waals surface area contributed by atoms with Gasteiger partial charge in [-0.2, -0.15) is 0 Å². The number of carbonyl (C=O) groups excluding carboxylic acids is 2. The lowest BCUT2D eigenvalue weighted by atomic mass is 9.93. The monoisotopic (exact) mass is 438 g/mol. The maximum atomic E-state index is 13.3.